The molecule has 2 atom stereocenters. The molecule has 19 heavy (non-hydrogen) atoms. The number of alkyl halides is 11. The Morgan fingerprint density at radius 3 is 1.53 bits per heavy atom. The molecule has 11 heteroatoms. The molecule has 0 spiro atoms. The molecule has 1 aliphatic rings. The van der Waals surface area contributed by atoms with E-state index in [1.807, 2.05) is 0 Å². The smallest absolute Gasteiger partial charge is 0.223 e. The average Bonchev–Trinajstić information content (AvgIpc) is 2.10. The van der Waals surface area contributed by atoms with E-state index in [0.29, 0.717) is 0 Å². The monoisotopic (exact) mass is 326 g/mol. The molecule has 2 unspecified atom stereocenters. The molecule has 0 bridgehead atoms. The van der Waals surface area contributed by atoms with Gasteiger partial charge in [-0.15, -0.1) is 0 Å². The summed E-state index contributed by atoms with van der Waals surface area (Å²) >= 11 is 4.10. The van der Waals surface area contributed by atoms with E-state index in [1.54, 1.807) is 0 Å². The van der Waals surface area contributed by atoms with Crippen molar-refractivity contribution < 1.29 is 43.9 Å². The second-order valence-corrected chi connectivity index (χ2v) is 4.80. The minimum atomic E-state index is -6.54. The molecule has 0 aromatic carbocycles. The Labute approximate surface area is 104 Å². The lowest BCUT2D eigenvalue weighted by atomic mass is 9.72. The van der Waals surface area contributed by atoms with Crippen LogP contribution in [0.5, 0.6) is 0 Å². The van der Waals surface area contributed by atoms with Crippen LogP contribution in [0.3, 0.4) is 0 Å². The first kappa shape index (κ1) is 16.6. The highest BCUT2D eigenvalue weighted by Crippen LogP contribution is 2.68. The van der Waals surface area contributed by atoms with Crippen molar-refractivity contribution in [2.75, 3.05) is 0 Å². The average molecular weight is 327 g/mol. The van der Waals surface area contributed by atoms with Gasteiger partial charge in [0.2, 0.25) is 0 Å². The fourth-order valence-electron chi connectivity index (χ4n) is 1.78. The molecule has 0 N–H and O–H groups in total. The maximum atomic E-state index is 13.6. The minimum Gasteiger partial charge on any atom is -0.223 e. The Morgan fingerprint density at radius 2 is 1.21 bits per heavy atom. The third-order valence-corrected chi connectivity index (χ3v) is 3.35. The van der Waals surface area contributed by atoms with Gasteiger partial charge < -0.3 is 0 Å². The van der Waals surface area contributed by atoms with E-state index in [0.717, 1.165) is 0 Å². The number of hydrogen-bond donors (Lipinski definition) is 0. The highest BCUT2D eigenvalue weighted by atomic mass is 35.5. The van der Waals surface area contributed by atoms with Crippen LogP contribution in [0.25, 0.3) is 0 Å². The molecule has 0 aromatic rings. The molecule has 0 radical (unpaired) electrons. The van der Waals surface area contributed by atoms with Gasteiger partial charge in [-0.25, -0.2) is 35.1 Å². The van der Waals surface area contributed by atoms with E-state index < -0.39 is 47.8 Å². The van der Waals surface area contributed by atoms with Crippen LogP contribution < -0.4 is 0 Å². The van der Waals surface area contributed by atoms with E-state index in [9.17, 15) is 43.9 Å². The van der Waals surface area contributed by atoms with Crippen molar-refractivity contribution in [1.29, 1.82) is 0 Å². The van der Waals surface area contributed by atoms with Crippen molar-refractivity contribution >= 4 is 11.6 Å². The summed E-state index contributed by atoms with van der Waals surface area (Å²) in [6, 6.07) is 0. The van der Waals surface area contributed by atoms with Crippen LogP contribution in [0.15, 0.2) is 0 Å². The Kier molecular flexibility index (Phi) is 3.17. The highest BCUT2D eigenvalue weighted by Gasteiger charge is 2.93. The van der Waals surface area contributed by atoms with Gasteiger partial charge in [0.1, 0.15) is 0 Å². The van der Waals surface area contributed by atoms with Crippen molar-refractivity contribution in [3.05, 3.63) is 0 Å². The van der Waals surface area contributed by atoms with Gasteiger partial charge >= 0.3 is 22.6 Å². The topological polar surface area (TPSA) is 0 Å². The molecular formula is C8H5ClF10. The summed E-state index contributed by atoms with van der Waals surface area (Å²) in [7, 11) is 0. The van der Waals surface area contributed by atoms with E-state index in [1.165, 1.54) is 0 Å². The van der Waals surface area contributed by atoms with Crippen LogP contribution in [0.2, 0.25) is 0 Å². The standard InChI is InChI=1S/C8H5ClF10/c1-3(10,11)6(16)4(12,13)2-5(14,15)7(9,17)8(6,18)19/h2H2,1H3. The summed E-state index contributed by atoms with van der Waals surface area (Å²) in [5, 5.41) is -5.71. The van der Waals surface area contributed by atoms with Crippen molar-refractivity contribution in [3.8, 4) is 0 Å². The Morgan fingerprint density at radius 1 is 0.842 bits per heavy atom. The lowest BCUT2D eigenvalue weighted by molar-refractivity contribution is -0.399. The van der Waals surface area contributed by atoms with Gasteiger partial charge in [0.15, 0.2) is 0 Å². The third kappa shape index (κ3) is 1.67. The summed E-state index contributed by atoms with van der Waals surface area (Å²) in [5.74, 6) is -23.6. The van der Waals surface area contributed by atoms with Crippen molar-refractivity contribution in [3.63, 3.8) is 0 Å². The largest absolute Gasteiger partial charge is 0.346 e. The van der Waals surface area contributed by atoms with Crippen LogP contribution in [0.4, 0.5) is 43.9 Å². The molecule has 0 saturated heterocycles. The molecule has 1 fully saturated rings. The van der Waals surface area contributed by atoms with Crippen LogP contribution >= 0.6 is 11.6 Å². The first-order valence-corrected chi connectivity index (χ1v) is 4.91. The number of hydrogen-bond acceptors (Lipinski definition) is 0. The summed E-state index contributed by atoms with van der Waals surface area (Å²) in [6.07, 6.45) is -3.21. The third-order valence-electron chi connectivity index (χ3n) is 2.84. The van der Waals surface area contributed by atoms with E-state index in [-0.39, 0.29) is 0 Å². The van der Waals surface area contributed by atoms with E-state index >= 15 is 0 Å². The lowest BCUT2D eigenvalue weighted by Gasteiger charge is -2.51. The molecule has 0 heterocycles. The van der Waals surface area contributed by atoms with Gasteiger partial charge in [-0.3, -0.25) is 0 Å². The van der Waals surface area contributed by atoms with Crippen LogP contribution in [0, 0.1) is 0 Å². The Hall–Kier alpha value is -0.410. The molecule has 0 amide bonds. The summed E-state index contributed by atoms with van der Waals surface area (Å²) in [6.45, 7) is -0.703. The van der Waals surface area contributed by atoms with Gasteiger partial charge in [0, 0.05) is 6.92 Å². The predicted octanol–water partition coefficient (Wildman–Crippen LogP) is 4.56. The van der Waals surface area contributed by atoms with Crippen molar-refractivity contribution in [1.82, 2.24) is 0 Å². The zero-order valence-electron chi connectivity index (χ0n) is 8.86. The lowest BCUT2D eigenvalue weighted by Crippen LogP contribution is -2.79. The minimum absolute atomic E-state index is 0.703. The highest BCUT2D eigenvalue weighted by molar-refractivity contribution is 6.24. The zero-order chi connectivity index (χ0) is 15.7. The summed E-state index contributed by atoms with van der Waals surface area (Å²) < 4.78 is 130. The first-order chi connectivity index (χ1) is 7.96. The summed E-state index contributed by atoms with van der Waals surface area (Å²) in [4.78, 5) is 0. The van der Waals surface area contributed by atoms with Gasteiger partial charge in [-0.1, -0.05) is 11.6 Å². The van der Waals surface area contributed by atoms with Crippen LogP contribution in [0.1, 0.15) is 13.3 Å². The zero-order valence-corrected chi connectivity index (χ0v) is 9.62. The van der Waals surface area contributed by atoms with Crippen molar-refractivity contribution in [2.24, 2.45) is 0 Å². The molecule has 1 aliphatic carbocycles. The Balaban J connectivity index is 3.65. The van der Waals surface area contributed by atoms with Gasteiger partial charge in [0.25, 0.3) is 11.8 Å². The van der Waals surface area contributed by atoms with Gasteiger partial charge in [0.05, 0.1) is 6.42 Å². The SMILES string of the molecule is CC(F)(F)C1(F)C(F)(F)CC(F)(F)C(F)(Cl)C1(F)F. The Bertz CT molecular complexity index is 383. The summed E-state index contributed by atoms with van der Waals surface area (Å²) in [5.41, 5.74) is -6.19. The molecule has 0 aliphatic heterocycles. The quantitative estimate of drug-likeness (QED) is 0.489. The second-order valence-electron chi connectivity index (χ2n) is 4.28. The van der Waals surface area contributed by atoms with Crippen LogP contribution in [-0.4, -0.2) is 34.5 Å². The van der Waals surface area contributed by atoms with E-state index in [4.69, 9.17) is 0 Å². The van der Waals surface area contributed by atoms with Crippen LogP contribution in [-0.2, 0) is 0 Å². The van der Waals surface area contributed by atoms with Gasteiger partial charge in [-0.05, 0) is 0 Å². The maximum absolute atomic E-state index is 13.6. The molecule has 114 valence electrons. The maximum Gasteiger partial charge on any atom is 0.346 e. The first-order valence-electron chi connectivity index (χ1n) is 4.54. The molecule has 0 nitrogen and oxygen atoms in total. The number of rotatable bonds is 1. The fraction of sp³-hybridized carbons (Fsp3) is 1.00. The molecule has 1 saturated carbocycles. The van der Waals surface area contributed by atoms with E-state index in [2.05, 4.69) is 11.6 Å². The normalized spacial score (nSPS) is 41.1. The predicted molar refractivity (Wildman–Crippen MR) is 43.6 cm³/mol. The second kappa shape index (κ2) is 3.62. The number of halogens is 11. The van der Waals surface area contributed by atoms with Gasteiger partial charge in [-0.2, -0.15) is 8.78 Å². The fourth-order valence-corrected chi connectivity index (χ4v) is 1.98. The molecular weight excluding hydrogens is 322 g/mol. The molecule has 0 aromatic heterocycles. The van der Waals surface area contributed by atoms with Crippen molar-refractivity contribution in [2.45, 2.75) is 47.8 Å². The molecule has 1 rings (SSSR count).